The van der Waals surface area contributed by atoms with E-state index in [1.807, 2.05) is 38.2 Å². The van der Waals surface area contributed by atoms with Gasteiger partial charge in [-0.15, -0.1) is 0 Å². The Morgan fingerprint density at radius 1 is 1.40 bits per heavy atom. The van der Waals surface area contributed by atoms with Crippen LogP contribution in [0.4, 0.5) is 5.69 Å². The van der Waals surface area contributed by atoms with E-state index in [0.717, 1.165) is 11.3 Å². The molecular formula is C14H18N4O2. The quantitative estimate of drug-likeness (QED) is 0.901. The fourth-order valence-electron chi connectivity index (χ4n) is 1.77. The lowest BCUT2D eigenvalue weighted by Gasteiger charge is -2.11. The predicted octanol–water partition coefficient (Wildman–Crippen LogP) is 1.70. The molecule has 6 nitrogen and oxygen atoms in total. The molecule has 0 unspecified atom stereocenters. The van der Waals surface area contributed by atoms with Crippen LogP contribution in [0, 0.1) is 5.92 Å². The molecule has 0 fully saturated rings. The van der Waals surface area contributed by atoms with Gasteiger partial charge in [0, 0.05) is 25.4 Å². The molecule has 0 radical (unpaired) electrons. The molecule has 1 heterocycles. The number of anilines is 1. The number of benzene rings is 1. The first-order valence-corrected chi connectivity index (χ1v) is 6.36. The molecule has 1 aromatic heterocycles. The summed E-state index contributed by atoms with van der Waals surface area (Å²) in [7, 11) is 3.40. The van der Waals surface area contributed by atoms with Gasteiger partial charge in [0.1, 0.15) is 6.33 Å². The highest BCUT2D eigenvalue weighted by Crippen LogP contribution is 2.18. The minimum Gasteiger partial charge on any atom is -0.384 e. The summed E-state index contributed by atoms with van der Waals surface area (Å²) >= 11 is 0. The van der Waals surface area contributed by atoms with Gasteiger partial charge in [0.2, 0.25) is 5.91 Å². The predicted molar refractivity (Wildman–Crippen MR) is 76.1 cm³/mol. The van der Waals surface area contributed by atoms with E-state index in [9.17, 15) is 4.79 Å². The Morgan fingerprint density at radius 3 is 2.65 bits per heavy atom. The number of carbonyl (C=O) groups excluding carboxylic acids is 1. The van der Waals surface area contributed by atoms with Gasteiger partial charge < -0.3 is 10.1 Å². The van der Waals surface area contributed by atoms with E-state index >= 15 is 0 Å². The molecule has 106 valence electrons. The Balaban J connectivity index is 2.03. The van der Waals surface area contributed by atoms with E-state index < -0.39 is 0 Å². The van der Waals surface area contributed by atoms with Gasteiger partial charge in [-0.3, -0.25) is 9.48 Å². The van der Waals surface area contributed by atoms with Gasteiger partial charge in [0.05, 0.1) is 12.5 Å². The zero-order chi connectivity index (χ0) is 14.5. The van der Waals surface area contributed by atoms with Gasteiger partial charge in [0.15, 0.2) is 5.82 Å². The molecule has 2 aromatic rings. The van der Waals surface area contributed by atoms with E-state index in [4.69, 9.17) is 4.74 Å². The standard InChI is InChI=1S/C14H18N4O2/c1-10(8-20-3)14(19)16-12-6-4-11(5-7-12)13-15-9-18(2)17-13/h4-7,9-10H,8H2,1-3H3,(H,16,19)/t10-/m1/s1. The van der Waals surface area contributed by atoms with E-state index in [1.54, 1.807) is 18.1 Å². The van der Waals surface area contributed by atoms with E-state index in [1.165, 1.54) is 0 Å². The number of aromatic nitrogens is 3. The van der Waals surface area contributed by atoms with Crippen LogP contribution in [0.1, 0.15) is 6.92 Å². The van der Waals surface area contributed by atoms with E-state index in [0.29, 0.717) is 12.4 Å². The van der Waals surface area contributed by atoms with Gasteiger partial charge in [-0.25, -0.2) is 4.98 Å². The van der Waals surface area contributed by atoms with Crippen molar-refractivity contribution in [3.63, 3.8) is 0 Å². The second kappa shape index (κ2) is 6.29. The number of nitrogens with one attached hydrogen (secondary N) is 1. The smallest absolute Gasteiger partial charge is 0.229 e. The Morgan fingerprint density at radius 2 is 2.10 bits per heavy atom. The number of amides is 1. The first kappa shape index (κ1) is 14.2. The van der Waals surface area contributed by atoms with Crippen LogP contribution in [0.2, 0.25) is 0 Å². The van der Waals surface area contributed by atoms with Gasteiger partial charge in [-0.1, -0.05) is 6.92 Å². The summed E-state index contributed by atoms with van der Waals surface area (Å²) in [5, 5.41) is 7.07. The summed E-state index contributed by atoms with van der Waals surface area (Å²) in [6.07, 6.45) is 1.65. The molecule has 0 aliphatic carbocycles. The number of nitrogens with zero attached hydrogens (tertiary/aromatic N) is 3. The Kier molecular flexibility index (Phi) is 4.47. The monoisotopic (exact) mass is 274 g/mol. The first-order chi connectivity index (χ1) is 9.60. The third-order valence-corrected chi connectivity index (χ3v) is 2.87. The molecule has 20 heavy (non-hydrogen) atoms. The molecule has 0 spiro atoms. The topological polar surface area (TPSA) is 69.0 Å². The van der Waals surface area contributed by atoms with Crippen LogP contribution < -0.4 is 5.32 Å². The van der Waals surface area contributed by atoms with Gasteiger partial charge in [0.25, 0.3) is 0 Å². The fraction of sp³-hybridized carbons (Fsp3) is 0.357. The summed E-state index contributed by atoms with van der Waals surface area (Å²) in [5.74, 6) is 0.422. The summed E-state index contributed by atoms with van der Waals surface area (Å²) in [4.78, 5) is 16.0. The third-order valence-electron chi connectivity index (χ3n) is 2.87. The van der Waals surface area contributed by atoms with Crippen LogP contribution in [-0.2, 0) is 16.6 Å². The highest BCUT2D eigenvalue weighted by molar-refractivity contribution is 5.92. The molecule has 0 aliphatic rings. The molecule has 1 N–H and O–H groups in total. The number of hydrogen-bond acceptors (Lipinski definition) is 4. The van der Waals surface area contributed by atoms with Crippen molar-refractivity contribution in [3.8, 4) is 11.4 Å². The number of aryl methyl sites for hydroxylation is 1. The normalized spacial score (nSPS) is 12.2. The third kappa shape index (κ3) is 3.42. The first-order valence-electron chi connectivity index (χ1n) is 6.36. The van der Waals surface area contributed by atoms with Crippen LogP contribution >= 0.6 is 0 Å². The largest absolute Gasteiger partial charge is 0.384 e. The average Bonchev–Trinajstić information content (AvgIpc) is 2.86. The molecular weight excluding hydrogens is 256 g/mol. The van der Waals surface area contributed by atoms with E-state index in [2.05, 4.69) is 15.4 Å². The molecule has 6 heteroatoms. The maximum absolute atomic E-state index is 11.8. The van der Waals surface area contributed by atoms with Crippen molar-refractivity contribution in [1.82, 2.24) is 14.8 Å². The minimum absolute atomic E-state index is 0.0597. The van der Waals surface area contributed by atoms with Crippen molar-refractivity contribution >= 4 is 11.6 Å². The van der Waals surface area contributed by atoms with Crippen molar-refractivity contribution in [1.29, 1.82) is 0 Å². The number of ether oxygens (including phenoxy) is 1. The summed E-state index contributed by atoms with van der Waals surface area (Å²) in [6, 6.07) is 7.43. The molecule has 2 rings (SSSR count). The second-order valence-electron chi connectivity index (χ2n) is 4.66. The molecule has 0 saturated carbocycles. The molecule has 0 bridgehead atoms. The van der Waals surface area contributed by atoms with Crippen molar-refractivity contribution in [2.45, 2.75) is 6.92 Å². The van der Waals surface area contributed by atoms with Crippen molar-refractivity contribution in [2.24, 2.45) is 13.0 Å². The van der Waals surface area contributed by atoms with Crippen LogP contribution in [0.5, 0.6) is 0 Å². The lowest BCUT2D eigenvalue weighted by molar-refractivity contribution is -0.120. The highest BCUT2D eigenvalue weighted by Gasteiger charge is 2.12. The zero-order valence-corrected chi connectivity index (χ0v) is 11.8. The molecule has 1 amide bonds. The lowest BCUT2D eigenvalue weighted by Crippen LogP contribution is -2.23. The number of hydrogen-bond donors (Lipinski definition) is 1. The van der Waals surface area contributed by atoms with Gasteiger partial charge >= 0.3 is 0 Å². The van der Waals surface area contributed by atoms with Crippen LogP contribution in [0.3, 0.4) is 0 Å². The average molecular weight is 274 g/mol. The van der Waals surface area contributed by atoms with Crippen molar-refractivity contribution in [2.75, 3.05) is 19.0 Å². The fourth-order valence-corrected chi connectivity index (χ4v) is 1.77. The van der Waals surface area contributed by atoms with Crippen LogP contribution in [0.25, 0.3) is 11.4 Å². The lowest BCUT2D eigenvalue weighted by atomic mass is 10.1. The maximum Gasteiger partial charge on any atom is 0.229 e. The molecule has 0 aliphatic heterocycles. The maximum atomic E-state index is 11.8. The molecule has 0 saturated heterocycles. The van der Waals surface area contributed by atoms with Crippen LogP contribution in [-0.4, -0.2) is 34.4 Å². The molecule has 1 atom stereocenters. The summed E-state index contributed by atoms with van der Waals surface area (Å²) in [6.45, 7) is 2.23. The molecule has 1 aromatic carbocycles. The van der Waals surface area contributed by atoms with Gasteiger partial charge in [-0.05, 0) is 24.3 Å². The summed E-state index contributed by atoms with van der Waals surface area (Å²) < 4.78 is 6.61. The zero-order valence-electron chi connectivity index (χ0n) is 11.8. The SMILES string of the molecule is COC[C@@H](C)C(=O)Nc1ccc(-c2ncn(C)n2)cc1. The van der Waals surface area contributed by atoms with Crippen molar-refractivity contribution < 1.29 is 9.53 Å². The number of methoxy groups -OCH3 is 1. The summed E-state index contributed by atoms with van der Waals surface area (Å²) in [5.41, 5.74) is 1.66. The second-order valence-corrected chi connectivity index (χ2v) is 4.66. The number of carbonyl (C=O) groups is 1. The van der Waals surface area contributed by atoms with Crippen LogP contribution in [0.15, 0.2) is 30.6 Å². The Labute approximate surface area is 117 Å². The Bertz CT molecular complexity index is 577. The van der Waals surface area contributed by atoms with E-state index in [-0.39, 0.29) is 11.8 Å². The van der Waals surface area contributed by atoms with Gasteiger partial charge in [-0.2, -0.15) is 5.10 Å². The Hall–Kier alpha value is -2.21. The minimum atomic E-state index is -0.183. The van der Waals surface area contributed by atoms with Crippen molar-refractivity contribution in [3.05, 3.63) is 30.6 Å². The highest BCUT2D eigenvalue weighted by atomic mass is 16.5. The number of rotatable bonds is 5.